The van der Waals surface area contributed by atoms with Crippen LogP contribution in [0.25, 0.3) is 0 Å². The molecule has 1 fully saturated rings. The number of hydrogen-bond acceptors (Lipinski definition) is 4. The first kappa shape index (κ1) is 16.3. The van der Waals surface area contributed by atoms with E-state index in [0.717, 1.165) is 24.5 Å². The summed E-state index contributed by atoms with van der Waals surface area (Å²) in [5.41, 5.74) is 4.96. The fourth-order valence-electron chi connectivity index (χ4n) is 4.08. The third kappa shape index (κ3) is 2.85. The Morgan fingerprint density at radius 3 is 2.84 bits per heavy atom. The molecule has 2 aliphatic rings. The molecule has 3 atom stereocenters. The zero-order chi connectivity index (χ0) is 17.4. The van der Waals surface area contributed by atoms with Crippen molar-refractivity contribution in [2.45, 2.75) is 32.4 Å². The number of rotatable bonds is 4. The van der Waals surface area contributed by atoms with Gasteiger partial charge in [0.15, 0.2) is 11.5 Å². The lowest BCUT2D eigenvalue weighted by atomic mass is 9.80. The van der Waals surface area contributed by atoms with Gasteiger partial charge >= 0.3 is 0 Å². The molecule has 0 spiro atoms. The number of hydrogen-bond donors (Lipinski definition) is 1. The smallest absolute Gasteiger partial charge is 0.161 e. The van der Waals surface area contributed by atoms with Gasteiger partial charge < -0.3 is 19.5 Å². The van der Waals surface area contributed by atoms with E-state index in [1.165, 1.54) is 22.4 Å². The molecule has 2 aromatic rings. The Hall–Kier alpha value is -2.20. The maximum absolute atomic E-state index is 6.12. The molecule has 132 valence electrons. The van der Waals surface area contributed by atoms with Crippen molar-refractivity contribution in [2.75, 3.05) is 25.6 Å². The average molecular weight is 339 g/mol. The van der Waals surface area contributed by atoms with E-state index in [2.05, 4.69) is 42.6 Å². The Kier molecular flexibility index (Phi) is 4.30. The van der Waals surface area contributed by atoms with Gasteiger partial charge in [-0.1, -0.05) is 23.8 Å². The van der Waals surface area contributed by atoms with E-state index in [-0.39, 0.29) is 12.1 Å². The van der Waals surface area contributed by atoms with Crippen molar-refractivity contribution in [2.24, 2.45) is 5.92 Å². The Morgan fingerprint density at radius 1 is 1.16 bits per heavy atom. The highest BCUT2D eigenvalue weighted by Crippen LogP contribution is 2.50. The summed E-state index contributed by atoms with van der Waals surface area (Å²) in [4.78, 5) is 0. The fourth-order valence-corrected chi connectivity index (χ4v) is 4.08. The molecule has 2 heterocycles. The highest BCUT2D eigenvalue weighted by molar-refractivity contribution is 5.59. The minimum atomic E-state index is 0.166. The van der Waals surface area contributed by atoms with Gasteiger partial charge in [-0.15, -0.1) is 0 Å². The van der Waals surface area contributed by atoms with E-state index in [1.54, 1.807) is 7.11 Å². The topological polar surface area (TPSA) is 39.7 Å². The predicted octanol–water partition coefficient (Wildman–Crippen LogP) is 4.65. The summed E-state index contributed by atoms with van der Waals surface area (Å²) < 4.78 is 17.3. The van der Waals surface area contributed by atoms with Crippen LogP contribution in [-0.4, -0.2) is 20.3 Å². The quantitative estimate of drug-likeness (QED) is 0.880. The Labute approximate surface area is 149 Å². The first-order valence-corrected chi connectivity index (χ1v) is 9.00. The molecule has 4 heteroatoms. The summed E-state index contributed by atoms with van der Waals surface area (Å²) >= 11 is 0. The van der Waals surface area contributed by atoms with Gasteiger partial charge in [0.1, 0.15) is 0 Å². The third-order valence-corrected chi connectivity index (χ3v) is 5.24. The van der Waals surface area contributed by atoms with Crippen molar-refractivity contribution in [3.63, 3.8) is 0 Å². The monoisotopic (exact) mass is 339 g/mol. The molecule has 1 saturated heterocycles. The number of nitrogens with one attached hydrogen (secondary N) is 1. The van der Waals surface area contributed by atoms with E-state index >= 15 is 0 Å². The van der Waals surface area contributed by atoms with E-state index in [0.29, 0.717) is 12.5 Å². The predicted molar refractivity (Wildman–Crippen MR) is 98.5 cm³/mol. The summed E-state index contributed by atoms with van der Waals surface area (Å²) in [5, 5.41) is 3.74. The SMILES string of the molecule is CCOc1cc([C@@H]2Nc3ccc(C)cc3[C@H]3OCC[C@H]32)ccc1OC. The van der Waals surface area contributed by atoms with Crippen molar-refractivity contribution in [1.29, 1.82) is 0 Å². The van der Waals surface area contributed by atoms with Crippen LogP contribution in [0.1, 0.15) is 42.2 Å². The van der Waals surface area contributed by atoms with Crippen LogP contribution in [0.4, 0.5) is 5.69 Å². The second-order valence-electron chi connectivity index (χ2n) is 6.80. The molecule has 0 radical (unpaired) electrons. The summed E-state index contributed by atoms with van der Waals surface area (Å²) in [6.07, 6.45) is 1.23. The van der Waals surface area contributed by atoms with Crippen LogP contribution >= 0.6 is 0 Å². The van der Waals surface area contributed by atoms with Gasteiger partial charge in [0, 0.05) is 23.8 Å². The minimum absolute atomic E-state index is 0.166. The summed E-state index contributed by atoms with van der Waals surface area (Å²) in [7, 11) is 1.68. The first-order chi connectivity index (χ1) is 12.2. The van der Waals surface area contributed by atoms with Crippen molar-refractivity contribution in [1.82, 2.24) is 0 Å². The van der Waals surface area contributed by atoms with Gasteiger partial charge in [0.25, 0.3) is 0 Å². The van der Waals surface area contributed by atoms with Gasteiger partial charge in [-0.05, 0) is 44.0 Å². The average Bonchev–Trinajstić information content (AvgIpc) is 3.11. The minimum Gasteiger partial charge on any atom is -0.493 e. The second kappa shape index (κ2) is 6.60. The molecule has 2 aromatic carbocycles. The van der Waals surface area contributed by atoms with Crippen molar-refractivity contribution in [3.05, 3.63) is 53.1 Å². The van der Waals surface area contributed by atoms with E-state index in [4.69, 9.17) is 14.2 Å². The fraction of sp³-hybridized carbons (Fsp3) is 0.429. The summed E-state index contributed by atoms with van der Waals surface area (Å²) in [5.74, 6) is 2.00. The number of ether oxygens (including phenoxy) is 3. The first-order valence-electron chi connectivity index (χ1n) is 9.00. The number of anilines is 1. The maximum Gasteiger partial charge on any atom is 0.161 e. The lowest BCUT2D eigenvalue weighted by Gasteiger charge is -2.37. The molecule has 4 nitrogen and oxygen atoms in total. The molecule has 1 N–H and O–H groups in total. The van der Waals surface area contributed by atoms with E-state index in [1.807, 2.05) is 13.0 Å². The Bertz CT molecular complexity index is 774. The second-order valence-corrected chi connectivity index (χ2v) is 6.80. The molecule has 0 bridgehead atoms. The molecule has 0 aliphatic carbocycles. The lowest BCUT2D eigenvalue weighted by molar-refractivity contribution is 0.0828. The van der Waals surface area contributed by atoms with E-state index < -0.39 is 0 Å². The van der Waals surface area contributed by atoms with Crippen molar-refractivity contribution >= 4 is 5.69 Å². The Morgan fingerprint density at radius 2 is 2.04 bits per heavy atom. The molecule has 2 aliphatic heterocycles. The lowest BCUT2D eigenvalue weighted by Crippen LogP contribution is -2.29. The standard InChI is InChI=1S/C21H25NO3/c1-4-24-19-12-14(6-8-18(19)23-3)20-15-9-10-25-21(15)16-11-13(2)5-7-17(16)22-20/h5-8,11-12,15,20-22H,4,9-10H2,1-3H3/t15-,20-,21-/m0/s1. The molecule has 0 saturated carbocycles. The summed E-state index contributed by atoms with van der Waals surface area (Å²) in [6.45, 7) is 5.56. The Balaban J connectivity index is 1.73. The zero-order valence-corrected chi connectivity index (χ0v) is 15.0. The van der Waals surface area contributed by atoms with Crippen LogP contribution < -0.4 is 14.8 Å². The maximum atomic E-state index is 6.12. The number of fused-ring (bicyclic) bond motifs is 3. The number of methoxy groups -OCH3 is 1. The van der Waals surface area contributed by atoms with Crippen LogP contribution in [0.15, 0.2) is 36.4 Å². The summed E-state index contributed by atoms with van der Waals surface area (Å²) in [6, 6.07) is 13.0. The molecule has 0 unspecified atom stereocenters. The number of benzene rings is 2. The van der Waals surface area contributed by atoms with Gasteiger partial charge in [-0.2, -0.15) is 0 Å². The molecule has 0 amide bonds. The molecule has 25 heavy (non-hydrogen) atoms. The van der Waals surface area contributed by atoms with Gasteiger partial charge in [-0.25, -0.2) is 0 Å². The van der Waals surface area contributed by atoms with Crippen LogP contribution in [0.3, 0.4) is 0 Å². The third-order valence-electron chi connectivity index (χ3n) is 5.24. The van der Waals surface area contributed by atoms with Crippen LogP contribution in [0.5, 0.6) is 11.5 Å². The molecular weight excluding hydrogens is 314 g/mol. The van der Waals surface area contributed by atoms with Gasteiger partial charge in [0.2, 0.25) is 0 Å². The normalized spacial score (nSPS) is 24.2. The van der Waals surface area contributed by atoms with Crippen LogP contribution in [-0.2, 0) is 4.74 Å². The zero-order valence-electron chi connectivity index (χ0n) is 15.0. The van der Waals surface area contributed by atoms with Crippen LogP contribution in [0, 0.1) is 12.8 Å². The van der Waals surface area contributed by atoms with Gasteiger partial charge in [-0.3, -0.25) is 0 Å². The largest absolute Gasteiger partial charge is 0.493 e. The van der Waals surface area contributed by atoms with Crippen molar-refractivity contribution < 1.29 is 14.2 Å². The number of aryl methyl sites for hydroxylation is 1. The van der Waals surface area contributed by atoms with Gasteiger partial charge in [0.05, 0.1) is 25.9 Å². The van der Waals surface area contributed by atoms with E-state index in [9.17, 15) is 0 Å². The highest BCUT2D eigenvalue weighted by Gasteiger charge is 2.41. The highest BCUT2D eigenvalue weighted by atomic mass is 16.5. The van der Waals surface area contributed by atoms with Crippen LogP contribution in [0.2, 0.25) is 0 Å². The molecule has 4 rings (SSSR count). The molecule has 0 aromatic heterocycles. The van der Waals surface area contributed by atoms with Crippen molar-refractivity contribution in [3.8, 4) is 11.5 Å². The molecular formula is C21H25NO3.